The molecular weight excluding hydrogens is 304 g/mol. The minimum atomic E-state index is -1.47. The minimum Gasteiger partial charge on any atom is -0.0766 e. The van der Waals surface area contributed by atoms with E-state index in [4.69, 9.17) is 0 Å². The Morgan fingerprint density at radius 3 is 2.33 bits per heavy atom. The zero-order valence-corrected chi connectivity index (χ0v) is 18.3. The molecule has 0 radical (unpaired) electrons. The molecule has 1 fully saturated rings. The molecule has 136 valence electrons. The van der Waals surface area contributed by atoms with Crippen LogP contribution in [0, 0.1) is 29.6 Å². The summed E-state index contributed by atoms with van der Waals surface area (Å²) in [6.45, 7) is 17.8. The van der Waals surface area contributed by atoms with Gasteiger partial charge in [-0.2, -0.15) is 0 Å². The van der Waals surface area contributed by atoms with E-state index in [0.717, 1.165) is 29.6 Å². The van der Waals surface area contributed by atoms with Gasteiger partial charge in [0.15, 0.2) is 0 Å². The van der Waals surface area contributed by atoms with Crippen LogP contribution in [0.25, 0.3) is 0 Å². The summed E-state index contributed by atoms with van der Waals surface area (Å²) in [4.78, 5) is 0. The molecule has 5 atom stereocenters. The Bertz CT molecular complexity index is 550. The van der Waals surface area contributed by atoms with Crippen molar-refractivity contribution in [3.63, 3.8) is 0 Å². The van der Waals surface area contributed by atoms with E-state index in [0.29, 0.717) is 0 Å². The zero-order valence-electron chi connectivity index (χ0n) is 17.3. The van der Waals surface area contributed by atoms with Crippen molar-refractivity contribution in [1.29, 1.82) is 0 Å². The van der Waals surface area contributed by atoms with Gasteiger partial charge in [-0.05, 0) is 68.6 Å². The molecule has 3 aliphatic carbocycles. The average Bonchev–Trinajstić information content (AvgIpc) is 3.01. The Morgan fingerprint density at radius 1 is 1.04 bits per heavy atom. The fourth-order valence-corrected chi connectivity index (χ4v) is 11.5. The number of rotatable bonds is 4. The van der Waals surface area contributed by atoms with E-state index in [9.17, 15) is 0 Å². The first-order chi connectivity index (χ1) is 11.3. The van der Waals surface area contributed by atoms with Gasteiger partial charge in [0.1, 0.15) is 8.07 Å². The maximum Gasteiger partial charge on any atom is 0.103 e. The number of fused-ring (bicyclic) bond motifs is 1. The molecule has 0 spiro atoms. The van der Waals surface area contributed by atoms with Crippen molar-refractivity contribution in [3.8, 4) is 0 Å². The van der Waals surface area contributed by atoms with Crippen molar-refractivity contribution in [2.75, 3.05) is 0 Å². The van der Waals surface area contributed by atoms with Crippen LogP contribution in [0.2, 0.25) is 13.1 Å². The molecule has 5 unspecified atom stereocenters. The Balaban J connectivity index is 2.00. The largest absolute Gasteiger partial charge is 0.103 e. The summed E-state index contributed by atoms with van der Waals surface area (Å²) < 4.78 is 0. The molecule has 3 aliphatic rings. The van der Waals surface area contributed by atoms with Gasteiger partial charge in [-0.25, -0.2) is 0 Å². The van der Waals surface area contributed by atoms with E-state index in [1.165, 1.54) is 44.9 Å². The highest BCUT2D eigenvalue weighted by atomic mass is 28.3. The fraction of sp³-hybridized carbons (Fsp3) is 0.826. The Hall–Kier alpha value is -0.303. The van der Waals surface area contributed by atoms with Crippen LogP contribution in [0.15, 0.2) is 21.5 Å². The summed E-state index contributed by atoms with van der Waals surface area (Å²) in [6.07, 6.45) is 10.2. The van der Waals surface area contributed by atoms with Crippen LogP contribution in [0.1, 0.15) is 79.6 Å². The van der Waals surface area contributed by atoms with Crippen LogP contribution in [0.4, 0.5) is 0 Å². The number of hydrogen-bond donors (Lipinski definition) is 0. The molecule has 0 aromatic rings. The van der Waals surface area contributed by atoms with Gasteiger partial charge < -0.3 is 0 Å². The van der Waals surface area contributed by atoms with Gasteiger partial charge in [-0.3, -0.25) is 0 Å². The number of hydrogen-bond acceptors (Lipinski definition) is 0. The van der Waals surface area contributed by atoms with Crippen LogP contribution in [0.5, 0.6) is 0 Å². The lowest BCUT2D eigenvalue weighted by molar-refractivity contribution is 0.325. The SMILES string of the molecule is CCCC1CC([Si](C)(C)C2=C(C)C(C)C(C)C2C)=C2CCCCC21. The molecule has 24 heavy (non-hydrogen) atoms. The predicted octanol–water partition coefficient (Wildman–Crippen LogP) is 7.32. The molecule has 0 saturated heterocycles. The van der Waals surface area contributed by atoms with Crippen molar-refractivity contribution in [2.24, 2.45) is 29.6 Å². The third kappa shape index (κ3) is 2.79. The molecular formula is C23H40Si. The predicted molar refractivity (Wildman–Crippen MR) is 110 cm³/mol. The van der Waals surface area contributed by atoms with Crippen molar-refractivity contribution < 1.29 is 0 Å². The monoisotopic (exact) mass is 344 g/mol. The highest BCUT2D eigenvalue weighted by Gasteiger charge is 2.47. The molecule has 0 aliphatic heterocycles. The highest BCUT2D eigenvalue weighted by molar-refractivity contribution is 6.91. The Kier molecular flexibility index (Phi) is 5.22. The minimum absolute atomic E-state index is 0.794. The standard InChI is InChI=1S/C23H40Si/c1-8-11-19-14-22(21-13-10-9-12-20(19)21)24(6,7)23-17(4)15(2)16(3)18(23)5/h15-17,19-20H,8-14H2,1-7H3. The smallest absolute Gasteiger partial charge is 0.0766 e. The van der Waals surface area contributed by atoms with Crippen molar-refractivity contribution >= 4 is 8.07 Å². The summed E-state index contributed by atoms with van der Waals surface area (Å²) in [7, 11) is -1.47. The van der Waals surface area contributed by atoms with Gasteiger partial charge >= 0.3 is 0 Å². The van der Waals surface area contributed by atoms with E-state index in [-0.39, 0.29) is 0 Å². The summed E-state index contributed by atoms with van der Waals surface area (Å²) >= 11 is 0. The molecule has 1 heteroatoms. The van der Waals surface area contributed by atoms with Crippen LogP contribution in [-0.4, -0.2) is 8.07 Å². The van der Waals surface area contributed by atoms with Gasteiger partial charge in [-0.15, -0.1) is 0 Å². The van der Waals surface area contributed by atoms with Crippen LogP contribution >= 0.6 is 0 Å². The normalized spacial score (nSPS) is 37.4. The van der Waals surface area contributed by atoms with Gasteiger partial charge in [0.25, 0.3) is 0 Å². The average molecular weight is 345 g/mol. The maximum absolute atomic E-state index is 2.70. The summed E-state index contributed by atoms with van der Waals surface area (Å²) in [6, 6.07) is 0. The van der Waals surface area contributed by atoms with E-state index < -0.39 is 8.07 Å². The summed E-state index contributed by atoms with van der Waals surface area (Å²) in [5.74, 6) is 4.39. The molecule has 0 aromatic carbocycles. The quantitative estimate of drug-likeness (QED) is 0.469. The van der Waals surface area contributed by atoms with E-state index in [2.05, 4.69) is 47.7 Å². The molecule has 0 amide bonds. The zero-order chi connectivity index (χ0) is 17.6. The maximum atomic E-state index is 2.70. The molecule has 0 heterocycles. The van der Waals surface area contributed by atoms with Crippen LogP contribution < -0.4 is 0 Å². The molecule has 0 N–H and O–H groups in total. The van der Waals surface area contributed by atoms with E-state index in [1.54, 1.807) is 5.57 Å². The van der Waals surface area contributed by atoms with Gasteiger partial charge in [-0.1, -0.05) is 75.2 Å². The fourth-order valence-electron chi connectivity index (χ4n) is 6.72. The van der Waals surface area contributed by atoms with E-state index >= 15 is 0 Å². The lowest BCUT2D eigenvalue weighted by Gasteiger charge is -2.33. The topological polar surface area (TPSA) is 0 Å². The van der Waals surface area contributed by atoms with Gasteiger partial charge in [0.2, 0.25) is 0 Å². The van der Waals surface area contributed by atoms with Crippen molar-refractivity contribution in [1.82, 2.24) is 0 Å². The molecule has 0 nitrogen and oxygen atoms in total. The van der Waals surface area contributed by atoms with Gasteiger partial charge in [0.05, 0.1) is 0 Å². The Labute approximate surface area is 152 Å². The first-order valence-corrected chi connectivity index (χ1v) is 13.7. The third-order valence-corrected chi connectivity index (χ3v) is 12.5. The second kappa shape index (κ2) is 6.78. The second-order valence-corrected chi connectivity index (χ2v) is 14.2. The van der Waals surface area contributed by atoms with Crippen LogP contribution in [-0.2, 0) is 0 Å². The van der Waals surface area contributed by atoms with Gasteiger partial charge in [0, 0.05) is 0 Å². The summed E-state index contributed by atoms with van der Waals surface area (Å²) in [5.41, 5.74) is 3.74. The lowest BCUT2D eigenvalue weighted by atomic mass is 9.79. The van der Waals surface area contributed by atoms with E-state index in [1.807, 2.05) is 16.0 Å². The lowest BCUT2D eigenvalue weighted by Crippen LogP contribution is -2.36. The first-order valence-electron chi connectivity index (χ1n) is 10.7. The first kappa shape index (κ1) is 18.5. The molecule has 1 saturated carbocycles. The molecule has 3 rings (SSSR count). The van der Waals surface area contributed by atoms with Crippen LogP contribution in [0.3, 0.4) is 0 Å². The number of allylic oxidation sites excluding steroid dienone is 4. The summed E-state index contributed by atoms with van der Waals surface area (Å²) in [5, 5.41) is 3.94. The Morgan fingerprint density at radius 2 is 1.75 bits per heavy atom. The second-order valence-electron chi connectivity index (χ2n) is 9.77. The molecule has 0 aromatic heterocycles. The van der Waals surface area contributed by atoms with Crippen molar-refractivity contribution in [3.05, 3.63) is 21.5 Å². The molecule has 0 bridgehead atoms. The highest BCUT2D eigenvalue weighted by Crippen LogP contribution is 2.54. The van der Waals surface area contributed by atoms with Crippen molar-refractivity contribution in [2.45, 2.75) is 92.7 Å². The third-order valence-electron chi connectivity index (χ3n) is 8.31.